The first kappa shape index (κ1) is 14.3. The van der Waals surface area contributed by atoms with Gasteiger partial charge in [0.2, 0.25) is 0 Å². The number of nitrogens with one attached hydrogen (secondary N) is 1. The first-order valence-electron chi connectivity index (χ1n) is 7.26. The highest BCUT2D eigenvalue weighted by atomic mass is 16.5. The summed E-state index contributed by atoms with van der Waals surface area (Å²) in [5.74, 6) is 0. The van der Waals surface area contributed by atoms with Gasteiger partial charge >= 0.3 is 0 Å². The lowest BCUT2D eigenvalue weighted by Crippen LogP contribution is -2.41. The molecular formula is C14H27NO3. The molecule has 0 aromatic rings. The summed E-state index contributed by atoms with van der Waals surface area (Å²) in [7, 11) is 0. The molecule has 1 saturated carbocycles. The summed E-state index contributed by atoms with van der Waals surface area (Å²) in [6, 6.07) is 0. The molecule has 2 fully saturated rings. The largest absolute Gasteiger partial charge is 0.389 e. The highest BCUT2D eigenvalue weighted by Gasteiger charge is 2.31. The van der Waals surface area contributed by atoms with Crippen LogP contribution in [0.3, 0.4) is 0 Å². The van der Waals surface area contributed by atoms with Gasteiger partial charge in [-0.25, -0.2) is 0 Å². The normalized spacial score (nSPS) is 28.0. The lowest BCUT2D eigenvalue weighted by Gasteiger charge is -2.38. The van der Waals surface area contributed by atoms with Crippen LogP contribution >= 0.6 is 0 Å². The highest BCUT2D eigenvalue weighted by molar-refractivity contribution is 4.85. The van der Waals surface area contributed by atoms with E-state index in [-0.39, 0.29) is 6.10 Å². The van der Waals surface area contributed by atoms with Gasteiger partial charge in [0.25, 0.3) is 0 Å². The Labute approximate surface area is 110 Å². The number of aliphatic hydroxyl groups excluding tert-OH is 1. The van der Waals surface area contributed by atoms with E-state index in [2.05, 4.69) is 12.2 Å². The van der Waals surface area contributed by atoms with Crippen LogP contribution < -0.4 is 5.32 Å². The molecule has 2 N–H and O–H groups in total. The molecule has 2 atom stereocenters. The molecule has 1 aliphatic heterocycles. The third-order valence-corrected chi connectivity index (χ3v) is 4.13. The zero-order valence-electron chi connectivity index (χ0n) is 11.5. The van der Waals surface area contributed by atoms with E-state index in [0.29, 0.717) is 25.2 Å². The molecule has 2 unspecified atom stereocenters. The van der Waals surface area contributed by atoms with Crippen LogP contribution in [0.4, 0.5) is 0 Å². The van der Waals surface area contributed by atoms with E-state index in [1.165, 1.54) is 19.3 Å². The van der Waals surface area contributed by atoms with Crippen molar-refractivity contribution in [2.75, 3.05) is 32.9 Å². The van der Waals surface area contributed by atoms with Crippen LogP contribution in [0.5, 0.6) is 0 Å². The minimum atomic E-state index is -0.407. The maximum Gasteiger partial charge on any atom is 0.0897 e. The lowest BCUT2D eigenvalue weighted by molar-refractivity contribution is -0.0172. The van der Waals surface area contributed by atoms with Crippen LogP contribution in [-0.4, -0.2) is 50.2 Å². The van der Waals surface area contributed by atoms with Gasteiger partial charge in [-0.1, -0.05) is 13.3 Å². The zero-order valence-corrected chi connectivity index (χ0v) is 11.5. The molecular weight excluding hydrogens is 230 g/mol. The summed E-state index contributed by atoms with van der Waals surface area (Å²) in [5.41, 5.74) is 0.471. The van der Waals surface area contributed by atoms with Crippen LogP contribution in [0.1, 0.15) is 39.0 Å². The van der Waals surface area contributed by atoms with Gasteiger partial charge < -0.3 is 19.9 Å². The smallest absolute Gasteiger partial charge is 0.0897 e. The van der Waals surface area contributed by atoms with Crippen LogP contribution in [0, 0.1) is 5.41 Å². The second-order valence-corrected chi connectivity index (χ2v) is 6.12. The fourth-order valence-corrected chi connectivity index (χ4v) is 2.67. The molecule has 0 aromatic carbocycles. The van der Waals surface area contributed by atoms with Gasteiger partial charge in [0.1, 0.15) is 0 Å². The van der Waals surface area contributed by atoms with Crippen LogP contribution in [0.2, 0.25) is 0 Å². The highest BCUT2D eigenvalue weighted by Crippen LogP contribution is 2.39. The predicted octanol–water partition coefficient (Wildman–Crippen LogP) is 1.32. The third-order valence-electron chi connectivity index (χ3n) is 4.13. The van der Waals surface area contributed by atoms with E-state index >= 15 is 0 Å². The van der Waals surface area contributed by atoms with Crippen molar-refractivity contribution >= 4 is 0 Å². The Kier molecular flexibility index (Phi) is 5.42. The minimum absolute atomic E-state index is 0.249. The molecule has 0 aromatic heterocycles. The molecule has 0 amide bonds. The maximum atomic E-state index is 9.78. The SMILES string of the molecule is CC1(CNCC(O)COCC2CCCO2)CCC1. The van der Waals surface area contributed by atoms with Crippen molar-refractivity contribution in [1.82, 2.24) is 5.32 Å². The van der Waals surface area contributed by atoms with Gasteiger partial charge in [-0.05, 0) is 31.1 Å². The second-order valence-electron chi connectivity index (χ2n) is 6.12. The number of rotatable bonds is 8. The summed E-state index contributed by atoms with van der Waals surface area (Å²) < 4.78 is 10.9. The van der Waals surface area contributed by atoms with Gasteiger partial charge in [0.05, 0.1) is 25.4 Å². The Hall–Kier alpha value is -0.160. The van der Waals surface area contributed by atoms with Gasteiger partial charge in [0, 0.05) is 19.7 Å². The third kappa shape index (κ3) is 4.50. The topological polar surface area (TPSA) is 50.7 Å². The Bertz CT molecular complexity index is 237. The fraction of sp³-hybridized carbons (Fsp3) is 1.00. The van der Waals surface area contributed by atoms with Crippen molar-refractivity contribution in [3.8, 4) is 0 Å². The molecule has 1 aliphatic carbocycles. The first-order chi connectivity index (χ1) is 8.68. The summed E-state index contributed by atoms with van der Waals surface area (Å²) in [4.78, 5) is 0. The Morgan fingerprint density at radius 2 is 2.28 bits per heavy atom. The molecule has 0 bridgehead atoms. The average molecular weight is 257 g/mol. The lowest BCUT2D eigenvalue weighted by atomic mass is 9.70. The van der Waals surface area contributed by atoms with Crippen molar-refractivity contribution in [1.29, 1.82) is 0 Å². The van der Waals surface area contributed by atoms with Gasteiger partial charge in [-0.15, -0.1) is 0 Å². The zero-order chi connectivity index (χ0) is 12.8. The number of ether oxygens (including phenoxy) is 2. The van der Waals surface area contributed by atoms with E-state index in [0.717, 1.165) is 26.0 Å². The van der Waals surface area contributed by atoms with Crippen LogP contribution in [0.25, 0.3) is 0 Å². The Balaban J connectivity index is 1.45. The fourth-order valence-electron chi connectivity index (χ4n) is 2.67. The molecule has 4 nitrogen and oxygen atoms in total. The summed E-state index contributed by atoms with van der Waals surface area (Å²) in [6.45, 7) is 5.83. The molecule has 106 valence electrons. The molecule has 2 rings (SSSR count). The predicted molar refractivity (Wildman–Crippen MR) is 70.6 cm³/mol. The maximum absolute atomic E-state index is 9.78. The average Bonchev–Trinajstić information content (AvgIpc) is 2.80. The van der Waals surface area contributed by atoms with Crippen molar-refractivity contribution in [2.24, 2.45) is 5.41 Å². The Morgan fingerprint density at radius 1 is 1.44 bits per heavy atom. The summed E-state index contributed by atoms with van der Waals surface area (Å²) in [5, 5.41) is 13.1. The van der Waals surface area contributed by atoms with Gasteiger partial charge in [-0.3, -0.25) is 0 Å². The van der Waals surface area contributed by atoms with Crippen molar-refractivity contribution in [2.45, 2.75) is 51.2 Å². The van der Waals surface area contributed by atoms with E-state index in [1.54, 1.807) is 0 Å². The molecule has 2 aliphatic rings. The second kappa shape index (κ2) is 6.85. The molecule has 18 heavy (non-hydrogen) atoms. The quantitative estimate of drug-likeness (QED) is 0.688. The van der Waals surface area contributed by atoms with Crippen molar-refractivity contribution < 1.29 is 14.6 Å². The number of hydrogen-bond acceptors (Lipinski definition) is 4. The molecule has 0 radical (unpaired) electrons. The minimum Gasteiger partial charge on any atom is -0.389 e. The van der Waals surface area contributed by atoms with E-state index in [1.807, 2.05) is 0 Å². The number of aliphatic hydroxyl groups is 1. The van der Waals surface area contributed by atoms with Gasteiger partial charge in [-0.2, -0.15) is 0 Å². The van der Waals surface area contributed by atoms with Crippen molar-refractivity contribution in [3.05, 3.63) is 0 Å². The van der Waals surface area contributed by atoms with Crippen molar-refractivity contribution in [3.63, 3.8) is 0 Å². The summed E-state index contributed by atoms with van der Waals surface area (Å²) >= 11 is 0. The molecule has 0 spiro atoms. The monoisotopic (exact) mass is 257 g/mol. The standard InChI is InChI=1S/C14H27NO3/c1-14(5-3-6-14)11-15-8-12(16)9-17-10-13-4-2-7-18-13/h12-13,15-16H,2-11H2,1H3. The van der Waals surface area contributed by atoms with E-state index < -0.39 is 6.10 Å². The van der Waals surface area contributed by atoms with Gasteiger partial charge in [0.15, 0.2) is 0 Å². The Morgan fingerprint density at radius 3 is 2.89 bits per heavy atom. The van der Waals surface area contributed by atoms with E-state index in [4.69, 9.17) is 9.47 Å². The molecule has 1 heterocycles. The number of hydrogen-bond donors (Lipinski definition) is 2. The molecule has 4 heteroatoms. The first-order valence-corrected chi connectivity index (χ1v) is 7.26. The van der Waals surface area contributed by atoms with E-state index in [9.17, 15) is 5.11 Å². The molecule has 1 saturated heterocycles. The van der Waals surface area contributed by atoms with Crippen LogP contribution in [0.15, 0.2) is 0 Å². The van der Waals surface area contributed by atoms with Crippen LogP contribution in [-0.2, 0) is 9.47 Å². The summed E-state index contributed by atoms with van der Waals surface area (Å²) in [6.07, 6.45) is 6.04.